The Balaban J connectivity index is 1.82. The Bertz CT molecular complexity index is 1610. The van der Waals surface area contributed by atoms with Crippen LogP contribution in [0, 0.1) is 13.8 Å². The van der Waals surface area contributed by atoms with Crippen molar-refractivity contribution in [3.63, 3.8) is 0 Å². The highest BCUT2D eigenvalue weighted by molar-refractivity contribution is 6.34. The van der Waals surface area contributed by atoms with E-state index in [0.717, 1.165) is 16.8 Å². The molecule has 0 bridgehead atoms. The molecule has 3 heterocycles. The number of rotatable bonds is 7. The molecule has 0 saturated heterocycles. The van der Waals surface area contributed by atoms with Crippen molar-refractivity contribution in [3.8, 4) is 33.7 Å². The van der Waals surface area contributed by atoms with E-state index in [-0.39, 0.29) is 21.9 Å². The lowest BCUT2D eigenvalue weighted by molar-refractivity contribution is 0.0695. The van der Waals surface area contributed by atoms with Gasteiger partial charge in [0.05, 0.1) is 16.3 Å². The van der Waals surface area contributed by atoms with Crippen LogP contribution in [0.15, 0.2) is 65.4 Å². The van der Waals surface area contributed by atoms with Gasteiger partial charge in [0.15, 0.2) is 0 Å². The lowest BCUT2D eigenvalue weighted by Crippen LogP contribution is -2.09. The van der Waals surface area contributed by atoms with Crippen molar-refractivity contribution in [1.82, 2.24) is 14.7 Å². The third kappa shape index (κ3) is 4.53. The molecule has 0 spiro atoms. The Labute approximate surface area is 214 Å². The average molecular weight is 524 g/mol. The van der Waals surface area contributed by atoms with Gasteiger partial charge in [0.25, 0.3) is 6.43 Å². The molecule has 0 amide bonds. The van der Waals surface area contributed by atoms with Crippen LogP contribution in [0.2, 0.25) is 5.02 Å². The van der Waals surface area contributed by atoms with Gasteiger partial charge in [0.1, 0.15) is 23.8 Å². The van der Waals surface area contributed by atoms with Crippen molar-refractivity contribution in [2.24, 2.45) is 0 Å². The Kier molecular flexibility index (Phi) is 6.39. The zero-order chi connectivity index (χ0) is 26.3. The molecule has 5 rings (SSSR count). The molecule has 10 heteroatoms. The third-order valence-electron chi connectivity index (χ3n) is 5.93. The van der Waals surface area contributed by atoms with Crippen LogP contribution in [0.3, 0.4) is 0 Å². The number of pyridine rings is 1. The van der Waals surface area contributed by atoms with Crippen molar-refractivity contribution in [2.45, 2.75) is 20.3 Å². The molecule has 3 aromatic heterocycles. The molecule has 188 valence electrons. The second kappa shape index (κ2) is 9.67. The van der Waals surface area contributed by atoms with Crippen molar-refractivity contribution in [1.29, 1.82) is 0 Å². The first-order valence-corrected chi connectivity index (χ1v) is 11.6. The third-order valence-corrected chi connectivity index (χ3v) is 6.23. The monoisotopic (exact) mass is 523 g/mol. The Morgan fingerprint density at radius 3 is 2.57 bits per heavy atom. The normalized spacial score (nSPS) is 11.4. The van der Waals surface area contributed by atoms with Crippen LogP contribution in [0.25, 0.3) is 39.0 Å². The first-order chi connectivity index (χ1) is 17.7. The molecule has 1 N–H and O–H groups in total. The number of alkyl halides is 2. The van der Waals surface area contributed by atoms with Gasteiger partial charge in [0, 0.05) is 45.7 Å². The maximum Gasteiger partial charge on any atom is 0.335 e. The molecule has 0 radical (unpaired) electrons. The van der Waals surface area contributed by atoms with Crippen LogP contribution in [-0.2, 0) is 0 Å². The second-order valence-corrected chi connectivity index (χ2v) is 8.79. The summed E-state index contributed by atoms with van der Waals surface area (Å²) in [6, 6.07) is 13.8. The lowest BCUT2D eigenvalue weighted by Gasteiger charge is -2.14. The summed E-state index contributed by atoms with van der Waals surface area (Å²) in [4.78, 5) is 16.4. The number of carboxylic acid groups (broad SMARTS) is 1. The summed E-state index contributed by atoms with van der Waals surface area (Å²) < 4.78 is 38.7. The van der Waals surface area contributed by atoms with Crippen molar-refractivity contribution >= 4 is 28.6 Å². The van der Waals surface area contributed by atoms with Gasteiger partial charge in [-0.3, -0.25) is 0 Å². The topological polar surface area (TPSA) is 90.4 Å². The maximum absolute atomic E-state index is 13.1. The summed E-state index contributed by atoms with van der Waals surface area (Å²) in [5.74, 6) is -0.711. The van der Waals surface area contributed by atoms with Crippen LogP contribution in [0.1, 0.15) is 21.8 Å². The number of carbonyl (C=O) groups is 1. The zero-order valence-electron chi connectivity index (χ0n) is 19.7. The Hall–Kier alpha value is -4.24. The molecule has 0 aliphatic rings. The number of halogens is 3. The van der Waals surface area contributed by atoms with E-state index in [9.17, 15) is 18.7 Å². The number of hydrogen-bond donors (Lipinski definition) is 1. The summed E-state index contributed by atoms with van der Waals surface area (Å²) >= 11 is 6.59. The van der Waals surface area contributed by atoms with E-state index in [0.29, 0.717) is 28.1 Å². The predicted octanol–water partition coefficient (Wildman–Crippen LogP) is 6.96. The van der Waals surface area contributed by atoms with Gasteiger partial charge < -0.3 is 18.9 Å². The highest BCUT2D eigenvalue weighted by Crippen LogP contribution is 2.43. The van der Waals surface area contributed by atoms with Gasteiger partial charge in [-0.05, 0) is 44.2 Å². The predicted molar refractivity (Wildman–Crippen MR) is 135 cm³/mol. The number of ether oxygens (including phenoxy) is 1. The molecule has 2 aromatic carbocycles. The quantitative estimate of drug-likeness (QED) is 0.248. The number of carboxylic acids is 1. The molecule has 0 fully saturated rings. The summed E-state index contributed by atoms with van der Waals surface area (Å²) in [5.41, 5.74) is 4.24. The molecule has 0 unspecified atom stereocenters. The Morgan fingerprint density at radius 2 is 1.92 bits per heavy atom. The van der Waals surface area contributed by atoms with Crippen LogP contribution in [-0.4, -0.2) is 38.8 Å². The SMILES string of the molecule is Cc1noc(C)c1-c1cnc2c(c1)c(-c1c(Cl)cc(C(=O)O)cc1OCC(F)F)cn2-c1ccccc1. The molecule has 0 aliphatic carbocycles. The summed E-state index contributed by atoms with van der Waals surface area (Å²) in [6.07, 6.45) is 0.723. The number of aryl methyl sites for hydroxylation is 2. The second-order valence-electron chi connectivity index (χ2n) is 8.38. The molecular formula is C27H20ClF2N3O4. The van der Waals surface area contributed by atoms with Crippen LogP contribution < -0.4 is 4.74 Å². The highest BCUT2D eigenvalue weighted by atomic mass is 35.5. The number of aromatic nitrogens is 3. The molecule has 7 nitrogen and oxygen atoms in total. The molecule has 37 heavy (non-hydrogen) atoms. The van der Waals surface area contributed by atoms with E-state index in [2.05, 4.69) is 5.16 Å². The molecule has 5 aromatic rings. The van der Waals surface area contributed by atoms with E-state index in [1.54, 1.807) is 19.3 Å². The molecule has 0 saturated carbocycles. The van der Waals surface area contributed by atoms with Gasteiger partial charge in [-0.1, -0.05) is 35.0 Å². The molecule has 0 atom stereocenters. The van der Waals surface area contributed by atoms with E-state index < -0.39 is 19.0 Å². The van der Waals surface area contributed by atoms with E-state index in [1.165, 1.54) is 12.1 Å². The fraction of sp³-hybridized carbons (Fsp3) is 0.148. The number of para-hydroxylation sites is 1. The minimum atomic E-state index is -2.77. The van der Waals surface area contributed by atoms with E-state index in [4.69, 9.17) is 25.8 Å². The standard InChI is InChI=1S/C27H20ClF2N3O4/c1-14-24(15(2)37-32-14)17-8-19-20(12-33(26(19)31-11-17)18-6-4-3-5-7-18)25-21(28)9-16(27(34)35)10-22(25)36-13-23(29)30/h3-12,23H,13H2,1-2H3,(H,34,35). The van der Waals surface area contributed by atoms with Gasteiger partial charge in [0.2, 0.25) is 0 Å². The number of aromatic carboxylic acids is 1. The first kappa shape index (κ1) is 24.5. The summed E-state index contributed by atoms with van der Waals surface area (Å²) in [6.45, 7) is 2.70. The van der Waals surface area contributed by atoms with Crippen LogP contribution in [0.5, 0.6) is 5.75 Å². The number of fused-ring (bicyclic) bond motifs is 1. The number of nitrogens with zero attached hydrogens (tertiary/aromatic N) is 3. The van der Waals surface area contributed by atoms with Crippen LogP contribution >= 0.6 is 11.6 Å². The fourth-order valence-electron chi connectivity index (χ4n) is 4.36. The average Bonchev–Trinajstić information content (AvgIpc) is 3.41. The fourth-order valence-corrected chi connectivity index (χ4v) is 4.67. The smallest absolute Gasteiger partial charge is 0.335 e. The largest absolute Gasteiger partial charge is 0.487 e. The number of hydrogen-bond acceptors (Lipinski definition) is 5. The van der Waals surface area contributed by atoms with Crippen molar-refractivity contribution < 1.29 is 27.9 Å². The highest BCUT2D eigenvalue weighted by Gasteiger charge is 2.23. The molecule has 0 aliphatic heterocycles. The summed E-state index contributed by atoms with van der Waals surface area (Å²) in [5, 5.41) is 14.2. The van der Waals surface area contributed by atoms with Gasteiger partial charge in [-0.2, -0.15) is 0 Å². The first-order valence-electron chi connectivity index (χ1n) is 11.2. The van der Waals surface area contributed by atoms with Crippen molar-refractivity contribution in [2.75, 3.05) is 6.61 Å². The minimum Gasteiger partial charge on any atom is -0.487 e. The van der Waals surface area contributed by atoms with Gasteiger partial charge >= 0.3 is 5.97 Å². The lowest BCUT2D eigenvalue weighted by atomic mass is 9.99. The number of benzene rings is 2. The minimum absolute atomic E-state index is 0.0408. The molecular weight excluding hydrogens is 504 g/mol. The van der Waals surface area contributed by atoms with E-state index in [1.807, 2.05) is 47.9 Å². The van der Waals surface area contributed by atoms with Crippen LogP contribution in [0.4, 0.5) is 8.78 Å². The van der Waals surface area contributed by atoms with Gasteiger partial charge in [-0.15, -0.1) is 0 Å². The Morgan fingerprint density at radius 1 is 1.16 bits per heavy atom. The zero-order valence-corrected chi connectivity index (χ0v) is 20.5. The van der Waals surface area contributed by atoms with Gasteiger partial charge in [-0.25, -0.2) is 18.6 Å². The maximum atomic E-state index is 13.1. The van der Waals surface area contributed by atoms with Crippen molar-refractivity contribution in [3.05, 3.63) is 83.0 Å². The van der Waals surface area contributed by atoms with E-state index >= 15 is 0 Å². The summed E-state index contributed by atoms with van der Waals surface area (Å²) in [7, 11) is 0.